The van der Waals surface area contributed by atoms with Gasteiger partial charge in [-0.05, 0) is 25.5 Å². The molecule has 2 aromatic rings. The van der Waals surface area contributed by atoms with Gasteiger partial charge in [0.2, 0.25) is 5.75 Å². The summed E-state index contributed by atoms with van der Waals surface area (Å²) in [6, 6.07) is 3.09. The molecule has 0 spiro atoms. The molecule has 1 atom stereocenters. The molecule has 0 radical (unpaired) electrons. The molecule has 0 unspecified atom stereocenters. The molecule has 0 aliphatic carbocycles. The monoisotopic (exact) mass is 344 g/mol. The second-order valence-corrected chi connectivity index (χ2v) is 6.13. The van der Waals surface area contributed by atoms with Crippen LogP contribution in [0, 0.1) is 0 Å². The fraction of sp³-hybridized carbons (Fsp3) is 0.471. The molecule has 132 valence electrons. The van der Waals surface area contributed by atoms with Crippen molar-refractivity contribution in [3.63, 3.8) is 0 Å². The van der Waals surface area contributed by atoms with Crippen LogP contribution in [0.1, 0.15) is 41.4 Å². The van der Waals surface area contributed by atoms with E-state index in [1.54, 1.807) is 12.1 Å². The van der Waals surface area contributed by atoms with Crippen LogP contribution in [0.15, 0.2) is 12.1 Å². The van der Waals surface area contributed by atoms with E-state index in [-0.39, 0.29) is 11.9 Å². The molecule has 25 heavy (non-hydrogen) atoms. The third kappa shape index (κ3) is 2.77. The van der Waals surface area contributed by atoms with Crippen molar-refractivity contribution in [2.45, 2.75) is 32.4 Å². The van der Waals surface area contributed by atoms with Crippen LogP contribution in [0.4, 0.5) is 0 Å². The first-order valence-corrected chi connectivity index (χ1v) is 8.38. The van der Waals surface area contributed by atoms with E-state index >= 15 is 0 Å². The number of hydrogen-bond donors (Lipinski definition) is 1. The zero-order chi connectivity index (χ0) is 17.4. The molecule has 2 aliphatic rings. The summed E-state index contributed by atoms with van der Waals surface area (Å²) in [4.78, 5) is 12.7. The fourth-order valence-corrected chi connectivity index (χ4v) is 3.24. The van der Waals surface area contributed by atoms with Crippen molar-refractivity contribution in [1.29, 1.82) is 0 Å². The average molecular weight is 344 g/mol. The van der Waals surface area contributed by atoms with Crippen molar-refractivity contribution in [2.75, 3.05) is 20.3 Å². The number of carbonyl (C=O) groups excluding carboxylic acids is 1. The number of rotatable bonds is 4. The summed E-state index contributed by atoms with van der Waals surface area (Å²) in [5.41, 5.74) is 0.453. The Morgan fingerprint density at radius 2 is 2.16 bits per heavy atom. The predicted octanol–water partition coefficient (Wildman–Crippen LogP) is 1.50. The third-order valence-corrected chi connectivity index (χ3v) is 4.46. The molecular formula is C17H20N4O4. The molecule has 4 rings (SSSR count). The highest BCUT2D eigenvalue weighted by atomic mass is 16.6. The second-order valence-electron chi connectivity index (χ2n) is 6.13. The molecule has 1 aromatic carbocycles. The van der Waals surface area contributed by atoms with Gasteiger partial charge in [-0.15, -0.1) is 10.2 Å². The summed E-state index contributed by atoms with van der Waals surface area (Å²) in [7, 11) is 1.54. The molecule has 0 fully saturated rings. The molecule has 0 bridgehead atoms. The van der Waals surface area contributed by atoms with Crippen molar-refractivity contribution >= 4 is 5.91 Å². The summed E-state index contributed by atoms with van der Waals surface area (Å²) in [5.74, 6) is 3.08. The zero-order valence-corrected chi connectivity index (χ0v) is 14.2. The maximum atomic E-state index is 12.7. The van der Waals surface area contributed by atoms with Gasteiger partial charge in [-0.3, -0.25) is 4.79 Å². The van der Waals surface area contributed by atoms with Gasteiger partial charge in [0.15, 0.2) is 17.3 Å². The van der Waals surface area contributed by atoms with Crippen LogP contribution in [0.25, 0.3) is 0 Å². The number of hydrogen-bond acceptors (Lipinski definition) is 6. The number of benzene rings is 1. The molecule has 1 N–H and O–H groups in total. The van der Waals surface area contributed by atoms with Crippen LogP contribution in [0.5, 0.6) is 17.2 Å². The molecule has 0 saturated carbocycles. The van der Waals surface area contributed by atoms with Gasteiger partial charge in [0.05, 0.1) is 13.2 Å². The number of fused-ring (bicyclic) bond motifs is 2. The van der Waals surface area contributed by atoms with E-state index in [2.05, 4.69) is 20.1 Å². The van der Waals surface area contributed by atoms with Crippen LogP contribution >= 0.6 is 0 Å². The minimum absolute atomic E-state index is 0.224. The first-order valence-electron chi connectivity index (χ1n) is 8.38. The van der Waals surface area contributed by atoms with Crippen molar-refractivity contribution < 1.29 is 19.0 Å². The smallest absolute Gasteiger partial charge is 0.252 e. The van der Waals surface area contributed by atoms with Gasteiger partial charge < -0.3 is 24.1 Å². The number of amides is 1. The van der Waals surface area contributed by atoms with Crippen molar-refractivity contribution in [3.05, 3.63) is 29.3 Å². The minimum atomic E-state index is -0.244. The summed E-state index contributed by atoms with van der Waals surface area (Å²) >= 11 is 0. The summed E-state index contributed by atoms with van der Waals surface area (Å²) in [6.07, 6.45) is 2.00. The van der Waals surface area contributed by atoms with Gasteiger partial charge in [-0.2, -0.15) is 0 Å². The van der Waals surface area contributed by atoms with E-state index < -0.39 is 0 Å². The largest absolute Gasteiger partial charge is 0.493 e. The Morgan fingerprint density at radius 3 is 3.00 bits per heavy atom. The summed E-state index contributed by atoms with van der Waals surface area (Å²) < 4.78 is 18.6. The van der Waals surface area contributed by atoms with E-state index in [0.29, 0.717) is 36.0 Å². The lowest BCUT2D eigenvalue weighted by atomic mass is 10.1. The first kappa shape index (κ1) is 15.7. The number of ether oxygens (including phenoxy) is 3. The standard InChI is InChI=1S/C17H20N4O4/c1-10(16-20-19-14-4-3-5-21(14)16)18-17(22)11-8-12(23-2)15-13(9-11)24-6-7-25-15/h8-10H,3-7H2,1-2H3,(H,18,22)/t10-/m1/s1. The Bertz CT molecular complexity index is 800. The number of methoxy groups -OCH3 is 1. The topological polar surface area (TPSA) is 87.5 Å². The van der Waals surface area contributed by atoms with Crippen LogP contribution in [-0.2, 0) is 13.0 Å². The quantitative estimate of drug-likeness (QED) is 0.904. The lowest BCUT2D eigenvalue weighted by Crippen LogP contribution is -2.29. The van der Waals surface area contributed by atoms with Gasteiger partial charge in [0.25, 0.3) is 5.91 Å². The lowest BCUT2D eigenvalue weighted by molar-refractivity contribution is 0.0935. The molecule has 8 heteroatoms. The lowest BCUT2D eigenvalue weighted by Gasteiger charge is -2.21. The minimum Gasteiger partial charge on any atom is -0.493 e. The summed E-state index contributed by atoms with van der Waals surface area (Å²) in [6.45, 7) is 3.71. The number of aromatic nitrogens is 3. The van der Waals surface area contributed by atoms with Crippen LogP contribution in [-0.4, -0.2) is 41.0 Å². The SMILES string of the molecule is COc1cc(C(=O)N[C@H](C)c2nnc3n2CCC3)cc2c1OCCO2. The molecule has 1 aromatic heterocycles. The van der Waals surface area contributed by atoms with Gasteiger partial charge in [0.1, 0.15) is 19.0 Å². The highest BCUT2D eigenvalue weighted by Gasteiger charge is 2.25. The Labute approximate surface area is 145 Å². The molecule has 3 heterocycles. The van der Waals surface area contributed by atoms with Crippen molar-refractivity contribution in [3.8, 4) is 17.2 Å². The number of nitrogens with one attached hydrogen (secondary N) is 1. The molecule has 0 saturated heterocycles. The molecule has 2 aliphatic heterocycles. The van der Waals surface area contributed by atoms with Gasteiger partial charge in [0, 0.05) is 18.5 Å². The normalized spacial score (nSPS) is 16.2. The maximum absolute atomic E-state index is 12.7. The van der Waals surface area contributed by atoms with Crippen LogP contribution < -0.4 is 19.5 Å². The number of aryl methyl sites for hydroxylation is 1. The Kier molecular flexibility index (Phi) is 3.95. The fourth-order valence-electron chi connectivity index (χ4n) is 3.24. The molecule has 1 amide bonds. The average Bonchev–Trinajstić information content (AvgIpc) is 3.24. The Hall–Kier alpha value is -2.77. The Balaban J connectivity index is 1.56. The van der Waals surface area contributed by atoms with E-state index in [4.69, 9.17) is 14.2 Å². The molecule has 8 nitrogen and oxygen atoms in total. The number of nitrogens with zero attached hydrogens (tertiary/aromatic N) is 3. The summed E-state index contributed by atoms with van der Waals surface area (Å²) in [5, 5.41) is 11.4. The van der Waals surface area contributed by atoms with E-state index in [1.165, 1.54) is 7.11 Å². The highest BCUT2D eigenvalue weighted by Crippen LogP contribution is 2.40. The maximum Gasteiger partial charge on any atom is 0.252 e. The Morgan fingerprint density at radius 1 is 1.32 bits per heavy atom. The second kappa shape index (κ2) is 6.27. The molecular weight excluding hydrogens is 324 g/mol. The van der Waals surface area contributed by atoms with E-state index in [9.17, 15) is 4.79 Å². The highest BCUT2D eigenvalue weighted by molar-refractivity contribution is 5.95. The number of carbonyl (C=O) groups is 1. The van der Waals surface area contributed by atoms with E-state index in [0.717, 1.165) is 31.0 Å². The van der Waals surface area contributed by atoms with E-state index in [1.807, 2.05) is 6.92 Å². The zero-order valence-electron chi connectivity index (χ0n) is 14.2. The van der Waals surface area contributed by atoms with Crippen molar-refractivity contribution in [1.82, 2.24) is 20.1 Å². The van der Waals surface area contributed by atoms with Crippen LogP contribution in [0.3, 0.4) is 0 Å². The van der Waals surface area contributed by atoms with Gasteiger partial charge >= 0.3 is 0 Å². The first-order chi connectivity index (χ1) is 12.2. The predicted molar refractivity (Wildman–Crippen MR) is 88.2 cm³/mol. The van der Waals surface area contributed by atoms with Gasteiger partial charge in [-0.1, -0.05) is 0 Å². The van der Waals surface area contributed by atoms with Crippen molar-refractivity contribution in [2.24, 2.45) is 0 Å². The third-order valence-electron chi connectivity index (χ3n) is 4.46. The van der Waals surface area contributed by atoms with Gasteiger partial charge in [-0.25, -0.2) is 0 Å². The van der Waals surface area contributed by atoms with Crippen LogP contribution in [0.2, 0.25) is 0 Å².